The van der Waals surface area contributed by atoms with Crippen molar-refractivity contribution in [2.75, 3.05) is 14.1 Å². The third-order valence-electron chi connectivity index (χ3n) is 3.81. The van der Waals surface area contributed by atoms with Crippen LogP contribution in [0.4, 0.5) is 0 Å². The summed E-state index contributed by atoms with van der Waals surface area (Å²) in [5.74, 6) is 0. The second-order valence-corrected chi connectivity index (χ2v) is 5.48. The second kappa shape index (κ2) is 4.81. The van der Waals surface area contributed by atoms with Crippen LogP contribution in [0.15, 0.2) is 24.4 Å². The van der Waals surface area contributed by atoms with Gasteiger partial charge in [0.15, 0.2) is 0 Å². The lowest BCUT2D eigenvalue weighted by atomic mass is 9.74. The minimum atomic E-state index is -0.322. The number of rotatable bonds is 4. The molecule has 0 aliphatic carbocycles. The van der Waals surface area contributed by atoms with Crippen LogP contribution in [0.2, 0.25) is 0 Å². The summed E-state index contributed by atoms with van der Waals surface area (Å²) in [5, 5.41) is 1.30. The maximum absolute atomic E-state index is 6.32. The maximum Gasteiger partial charge on any atom is 0.0957 e. The van der Waals surface area contributed by atoms with Crippen molar-refractivity contribution in [2.24, 2.45) is 0 Å². The SMILES string of the molecule is [B]C(C)(Cc1c[nH]c2ccc(CC)cc12)N(C)C. The van der Waals surface area contributed by atoms with Crippen LogP contribution in [0.3, 0.4) is 0 Å². The fourth-order valence-corrected chi connectivity index (χ4v) is 2.14. The van der Waals surface area contributed by atoms with Crippen molar-refractivity contribution < 1.29 is 0 Å². The smallest absolute Gasteiger partial charge is 0.0957 e. The highest BCUT2D eigenvalue weighted by Crippen LogP contribution is 2.24. The van der Waals surface area contributed by atoms with Crippen LogP contribution >= 0.6 is 0 Å². The van der Waals surface area contributed by atoms with E-state index < -0.39 is 0 Å². The van der Waals surface area contributed by atoms with Gasteiger partial charge in [0.2, 0.25) is 0 Å². The number of nitrogens with zero attached hydrogens (tertiary/aromatic N) is 1. The molecule has 1 heterocycles. The summed E-state index contributed by atoms with van der Waals surface area (Å²) in [4.78, 5) is 5.39. The van der Waals surface area contributed by atoms with Crippen molar-refractivity contribution in [3.63, 3.8) is 0 Å². The summed E-state index contributed by atoms with van der Waals surface area (Å²) < 4.78 is 0. The zero-order chi connectivity index (χ0) is 13.3. The molecular weight excluding hydrogens is 219 g/mol. The van der Waals surface area contributed by atoms with E-state index in [2.05, 4.69) is 48.1 Å². The molecule has 1 N–H and O–H groups in total. The van der Waals surface area contributed by atoms with Gasteiger partial charge in [-0.05, 0) is 55.6 Å². The zero-order valence-electron chi connectivity index (χ0n) is 11.7. The Kier molecular flexibility index (Phi) is 3.53. The van der Waals surface area contributed by atoms with Crippen molar-refractivity contribution in [1.82, 2.24) is 9.88 Å². The molecule has 0 bridgehead atoms. The molecule has 1 unspecified atom stereocenters. The number of aromatic amines is 1. The van der Waals surface area contributed by atoms with Gasteiger partial charge >= 0.3 is 0 Å². The first-order valence-corrected chi connectivity index (χ1v) is 6.49. The van der Waals surface area contributed by atoms with Crippen molar-refractivity contribution >= 4 is 18.7 Å². The number of likely N-dealkylation sites (N-methyl/N-ethyl adjacent to an activating group) is 1. The molecule has 1 aromatic heterocycles. The lowest BCUT2D eigenvalue weighted by Gasteiger charge is -2.33. The molecule has 0 aliphatic rings. The van der Waals surface area contributed by atoms with E-state index in [1.54, 1.807) is 0 Å². The molecule has 0 amide bonds. The van der Waals surface area contributed by atoms with Gasteiger partial charge < -0.3 is 9.88 Å². The average molecular weight is 240 g/mol. The molecule has 0 spiro atoms. The molecule has 1 aromatic carbocycles. The Morgan fingerprint density at radius 3 is 2.67 bits per heavy atom. The van der Waals surface area contributed by atoms with Crippen LogP contribution in [-0.2, 0) is 12.8 Å². The van der Waals surface area contributed by atoms with Gasteiger partial charge in [-0.15, -0.1) is 0 Å². The van der Waals surface area contributed by atoms with Gasteiger partial charge in [0.1, 0.15) is 0 Å². The summed E-state index contributed by atoms with van der Waals surface area (Å²) in [6, 6.07) is 6.60. The van der Waals surface area contributed by atoms with E-state index in [0.29, 0.717) is 0 Å². The van der Waals surface area contributed by atoms with Gasteiger partial charge in [0, 0.05) is 17.1 Å². The van der Waals surface area contributed by atoms with Crippen LogP contribution in [0.1, 0.15) is 25.0 Å². The molecular formula is C15H21BN2. The molecule has 2 rings (SSSR count). The largest absolute Gasteiger partial charge is 0.361 e. The summed E-state index contributed by atoms with van der Waals surface area (Å²) in [7, 11) is 10.4. The van der Waals surface area contributed by atoms with Crippen LogP contribution < -0.4 is 0 Å². The van der Waals surface area contributed by atoms with E-state index >= 15 is 0 Å². The molecule has 0 fully saturated rings. The van der Waals surface area contributed by atoms with Crippen LogP contribution in [-0.4, -0.2) is 37.3 Å². The topological polar surface area (TPSA) is 19.0 Å². The molecule has 2 aromatic rings. The number of fused-ring (bicyclic) bond motifs is 1. The first-order valence-electron chi connectivity index (χ1n) is 6.49. The highest BCUT2D eigenvalue weighted by atomic mass is 15.1. The molecule has 0 saturated heterocycles. The van der Waals surface area contributed by atoms with E-state index in [1.807, 2.05) is 14.1 Å². The average Bonchev–Trinajstić information content (AvgIpc) is 2.71. The zero-order valence-corrected chi connectivity index (χ0v) is 11.7. The normalized spacial score (nSPS) is 15.2. The highest BCUT2D eigenvalue weighted by Gasteiger charge is 2.21. The number of hydrogen-bond acceptors (Lipinski definition) is 1. The maximum atomic E-state index is 6.32. The number of nitrogens with one attached hydrogen (secondary N) is 1. The lowest BCUT2D eigenvalue weighted by Crippen LogP contribution is -2.43. The summed E-state index contributed by atoms with van der Waals surface area (Å²) in [6.07, 6.45) is 3.99. The summed E-state index contributed by atoms with van der Waals surface area (Å²) in [6.45, 7) is 4.25. The fourth-order valence-electron chi connectivity index (χ4n) is 2.14. The van der Waals surface area contributed by atoms with E-state index in [4.69, 9.17) is 7.85 Å². The van der Waals surface area contributed by atoms with Gasteiger partial charge in [0.25, 0.3) is 0 Å². The number of H-pyrrole nitrogens is 1. The fraction of sp³-hybridized carbons (Fsp3) is 0.467. The third-order valence-corrected chi connectivity index (χ3v) is 3.81. The van der Waals surface area contributed by atoms with Gasteiger partial charge in [-0.1, -0.05) is 19.9 Å². The van der Waals surface area contributed by atoms with Gasteiger partial charge in [0.05, 0.1) is 7.85 Å². The number of aromatic nitrogens is 1. The second-order valence-electron chi connectivity index (χ2n) is 5.48. The number of aryl methyl sites for hydroxylation is 1. The van der Waals surface area contributed by atoms with E-state index in [-0.39, 0.29) is 5.44 Å². The quantitative estimate of drug-likeness (QED) is 0.814. The monoisotopic (exact) mass is 240 g/mol. The Labute approximate surface area is 111 Å². The number of hydrogen-bond donors (Lipinski definition) is 1. The van der Waals surface area contributed by atoms with Crippen LogP contribution in [0.5, 0.6) is 0 Å². The molecule has 18 heavy (non-hydrogen) atoms. The Hall–Kier alpha value is -1.22. The summed E-state index contributed by atoms with van der Waals surface area (Å²) in [5.41, 5.74) is 3.53. The van der Waals surface area contributed by atoms with Gasteiger partial charge in [-0.25, -0.2) is 0 Å². The van der Waals surface area contributed by atoms with E-state index in [1.165, 1.54) is 22.0 Å². The Bertz CT molecular complexity index is 540. The first kappa shape index (κ1) is 13.2. The van der Waals surface area contributed by atoms with Crippen molar-refractivity contribution in [3.05, 3.63) is 35.5 Å². The van der Waals surface area contributed by atoms with Crippen LogP contribution in [0.25, 0.3) is 10.9 Å². The molecule has 1 atom stereocenters. The Balaban J connectivity index is 2.39. The van der Waals surface area contributed by atoms with Crippen molar-refractivity contribution in [2.45, 2.75) is 32.1 Å². The Morgan fingerprint density at radius 1 is 1.33 bits per heavy atom. The molecule has 0 saturated carbocycles. The molecule has 94 valence electrons. The predicted molar refractivity (Wildman–Crippen MR) is 79.2 cm³/mol. The standard InChI is InChI=1S/C15H21BN2/c1-5-11-6-7-14-13(8-11)12(10-17-14)9-15(2,16)18(3)4/h6-8,10,17H,5,9H2,1-4H3. The molecule has 2 nitrogen and oxygen atoms in total. The lowest BCUT2D eigenvalue weighted by molar-refractivity contribution is 0.267. The van der Waals surface area contributed by atoms with Crippen molar-refractivity contribution in [1.29, 1.82) is 0 Å². The molecule has 2 radical (unpaired) electrons. The van der Waals surface area contributed by atoms with Crippen LogP contribution in [0, 0.1) is 0 Å². The minimum Gasteiger partial charge on any atom is -0.361 e. The van der Waals surface area contributed by atoms with E-state index in [9.17, 15) is 0 Å². The third kappa shape index (κ3) is 2.46. The Morgan fingerprint density at radius 2 is 2.06 bits per heavy atom. The van der Waals surface area contributed by atoms with Gasteiger partial charge in [-0.2, -0.15) is 0 Å². The highest BCUT2D eigenvalue weighted by molar-refractivity contribution is 6.15. The van der Waals surface area contributed by atoms with Gasteiger partial charge in [-0.3, -0.25) is 0 Å². The predicted octanol–water partition coefficient (Wildman–Crippen LogP) is 2.72. The summed E-state index contributed by atoms with van der Waals surface area (Å²) >= 11 is 0. The molecule has 0 aliphatic heterocycles. The first-order chi connectivity index (χ1) is 8.44. The molecule has 3 heteroatoms. The number of benzene rings is 1. The van der Waals surface area contributed by atoms with E-state index in [0.717, 1.165) is 12.8 Å². The minimum absolute atomic E-state index is 0.322. The van der Waals surface area contributed by atoms with Crippen molar-refractivity contribution in [3.8, 4) is 0 Å².